The number of fused-ring (bicyclic) bond motifs is 1. The van der Waals surface area contributed by atoms with Crippen LogP contribution in [0.4, 0.5) is 4.79 Å². The maximum Gasteiger partial charge on any atom is 0.410 e. The van der Waals surface area contributed by atoms with Gasteiger partial charge in [-0.2, -0.15) is 0 Å². The van der Waals surface area contributed by atoms with E-state index in [0.717, 1.165) is 59.8 Å². The quantitative estimate of drug-likeness (QED) is 0.292. The number of amides is 1. The standard InChI is InChI=1S/C28H36ClNO6/c1-28(2)34-20-23-17-22(9-12-25(23)36-28)26-18-30(27(31)35-26)13-5-3-4-6-14-32-15-16-33-19-21-7-10-24(29)11-8-21/h7-12,17,26H,3-6,13-16,18-20H2,1-2H3/t26-/m0/s1. The first-order chi connectivity index (χ1) is 17.4. The van der Waals surface area contributed by atoms with Gasteiger partial charge in [-0.05, 0) is 48.2 Å². The normalized spacial score (nSPS) is 18.6. The molecule has 2 aliphatic heterocycles. The van der Waals surface area contributed by atoms with Crippen molar-refractivity contribution in [2.45, 2.75) is 64.6 Å². The van der Waals surface area contributed by atoms with E-state index in [2.05, 4.69) is 0 Å². The summed E-state index contributed by atoms with van der Waals surface area (Å²) in [6, 6.07) is 13.6. The fourth-order valence-electron chi connectivity index (χ4n) is 4.27. The van der Waals surface area contributed by atoms with Crippen molar-refractivity contribution in [2.24, 2.45) is 0 Å². The highest BCUT2D eigenvalue weighted by molar-refractivity contribution is 6.30. The number of benzene rings is 2. The van der Waals surface area contributed by atoms with Gasteiger partial charge in [-0.25, -0.2) is 4.79 Å². The lowest BCUT2D eigenvalue weighted by atomic mass is 10.0. The molecule has 7 nitrogen and oxygen atoms in total. The van der Waals surface area contributed by atoms with Crippen molar-refractivity contribution >= 4 is 17.7 Å². The fourth-order valence-corrected chi connectivity index (χ4v) is 4.40. The first-order valence-corrected chi connectivity index (χ1v) is 13.1. The Bertz CT molecular complexity index is 996. The molecule has 0 bridgehead atoms. The number of unbranched alkanes of at least 4 members (excludes halogenated alkanes) is 3. The summed E-state index contributed by atoms with van der Waals surface area (Å²) in [4.78, 5) is 14.1. The van der Waals surface area contributed by atoms with E-state index < -0.39 is 5.79 Å². The van der Waals surface area contributed by atoms with Crippen molar-refractivity contribution in [3.63, 3.8) is 0 Å². The molecule has 8 heteroatoms. The van der Waals surface area contributed by atoms with Gasteiger partial charge in [0.15, 0.2) is 0 Å². The summed E-state index contributed by atoms with van der Waals surface area (Å²) in [6.45, 7) is 8.01. The molecule has 1 amide bonds. The Labute approximate surface area is 218 Å². The number of halogens is 1. The summed E-state index contributed by atoms with van der Waals surface area (Å²) in [6.07, 6.45) is 3.57. The van der Waals surface area contributed by atoms with Crippen LogP contribution in [0.25, 0.3) is 0 Å². The monoisotopic (exact) mass is 517 g/mol. The zero-order chi connectivity index (χ0) is 25.4. The Morgan fingerprint density at radius 3 is 2.61 bits per heavy atom. The van der Waals surface area contributed by atoms with Crippen molar-refractivity contribution in [1.82, 2.24) is 4.90 Å². The van der Waals surface area contributed by atoms with Crippen molar-refractivity contribution in [1.29, 1.82) is 0 Å². The smallest absolute Gasteiger partial charge is 0.410 e. The molecule has 0 aliphatic carbocycles. The highest BCUT2D eigenvalue weighted by Crippen LogP contribution is 2.35. The topological polar surface area (TPSA) is 66.5 Å². The second-order valence-corrected chi connectivity index (χ2v) is 10.1. The molecule has 0 unspecified atom stereocenters. The molecule has 2 aromatic carbocycles. The minimum atomic E-state index is -0.621. The van der Waals surface area contributed by atoms with E-state index in [0.29, 0.717) is 39.5 Å². The predicted molar refractivity (Wildman–Crippen MR) is 137 cm³/mol. The molecule has 1 atom stereocenters. The van der Waals surface area contributed by atoms with Crippen molar-refractivity contribution in [2.75, 3.05) is 32.9 Å². The summed E-state index contributed by atoms with van der Waals surface area (Å²) in [5, 5.41) is 0.730. The van der Waals surface area contributed by atoms with Crippen LogP contribution >= 0.6 is 11.6 Å². The van der Waals surface area contributed by atoms with E-state index in [1.54, 1.807) is 4.90 Å². The molecular weight excluding hydrogens is 482 g/mol. The average Bonchev–Trinajstić information content (AvgIpc) is 3.23. The lowest BCUT2D eigenvalue weighted by Gasteiger charge is -2.32. The molecule has 4 rings (SSSR count). The van der Waals surface area contributed by atoms with Crippen LogP contribution in [0.2, 0.25) is 5.02 Å². The zero-order valence-electron chi connectivity index (χ0n) is 21.2. The first kappa shape index (κ1) is 26.7. The summed E-state index contributed by atoms with van der Waals surface area (Å²) < 4.78 is 28.5. The highest BCUT2D eigenvalue weighted by Gasteiger charge is 2.33. The van der Waals surface area contributed by atoms with Gasteiger partial charge in [0, 0.05) is 37.6 Å². The molecule has 0 aromatic heterocycles. The highest BCUT2D eigenvalue weighted by atomic mass is 35.5. The fraction of sp³-hybridized carbons (Fsp3) is 0.536. The lowest BCUT2D eigenvalue weighted by molar-refractivity contribution is -0.180. The van der Waals surface area contributed by atoms with Crippen LogP contribution in [-0.4, -0.2) is 49.7 Å². The molecule has 0 spiro atoms. The van der Waals surface area contributed by atoms with Gasteiger partial charge in [0.05, 0.1) is 33.0 Å². The van der Waals surface area contributed by atoms with Crippen molar-refractivity contribution in [3.05, 3.63) is 64.2 Å². The zero-order valence-corrected chi connectivity index (χ0v) is 21.9. The Balaban J connectivity index is 1.04. The maximum atomic E-state index is 12.3. The van der Waals surface area contributed by atoms with Gasteiger partial charge in [0.2, 0.25) is 5.79 Å². The molecule has 2 aromatic rings. The molecule has 196 valence electrons. The number of rotatable bonds is 13. The minimum Gasteiger partial charge on any atom is -0.463 e. The number of hydrogen-bond donors (Lipinski definition) is 0. The first-order valence-electron chi connectivity index (χ1n) is 12.7. The van der Waals surface area contributed by atoms with Gasteiger partial charge < -0.3 is 28.6 Å². The molecule has 0 radical (unpaired) electrons. The van der Waals surface area contributed by atoms with E-state index in [1.165, 1.54) is 0 Å². The number of hydrogen-bond acceptors (Lipinski definition) is 6. The third-order valence-electron chi connectivity index (χ3n) is 6.30. The molecule has 2 heterocycles. The third kappa shape index (κ3) is 7.84. The van der Waals surface area contributed by atoms with Crippen LogP contribution in [0.1, 0.15) is 62.3 Å². The van der Waals surface area contributed by atoms with Crippen molar-refractivity contribution < 1.29 is 28.5 Å². The molecule has 1 saturated heterocycles. The second kappa shape index (κ2) is 12.8. The van der Waals surface area contributed by atoms with Gasteiger partial charge >= 0.3 is 6.09 Å². The van der Waals surface area contributed by atoms with E-state index in [4.69, 9.17) is 35.3 Å². The number of ether oxygens (including phenoxy) is 5. The van der Waals surface area contributed by atoms with Gasteiger partial charge in [-0.3, -0.25) is 0 Å². The Hall–Kier alpha value is -2.32. The largest absolute Gasteiger partial charge is 0.463 e. The number of carbonyl (C=O) groups excluding carboxylic acids is 1. The van der Waals surface area contributed by atoms with Crippen LogP contribution < -0.4 is 4.74 Å². The molecule has 0 N–H and O–H groups in total. The molecule has 0 saturated carbocycles. The summed E-state index contributed by atoms with van der Waals surface area (Å²) in [7, 11) is 0. The number of nitrogens with zero attached hydrogens (tertiary/aromatic N) is 1. The summed E-state index contributed by atoms with van der Waals surface area (Å²) in [5.74, 6) is 0.204. The Morgan fingerprint density at radius 1 is 1.00 bits per heavy atom. The predicted octanol–water partition coefficient (Wildman–Crippen LogP) is 6.27. The van der Waals surface area contributed by atoms with Gasteiger partial charge in [0.25, 0.3) is 0 Å². The number of cyclic esters (lactones) is 1. The van der Waals surface area contributed by atoms with E-state index in [9.17, 15) is 4.79 Å². The SMILES string of the molecule is CC1(C)OCc2cc([C@@H]3CN(CCCCCCOCCOCc4ccc(Cl)cc4)C(=O)O3)ccc2O1. The molecule has 2 aliphatic rings. The molecule has 1 fully saturated rings. The Morgan fingerprint density at radius 2 is 1.78 bits per heavy atom. The summed E-state index contributed by atoms with van der Waals surface area (Å²) in [5.41, 5.74) is 3.06. The van der Waals surface area contributed by atoms with E-state index >= 15 is 0 Å². The average molecular weight is 518 g/mol. The van der Waals surface area contributed by atoms with Crippen LogP contribution in [0.5, 0.6) is 5.75 Å². The minimum absolute atomic E-state index is 0.242. The van der Waals surface area contributed by atoms with E-state index in [1.807, 2.05) is 56.3 Å². The number of carbonyl (C=O) groups is 1. The third-order valence-corrected chi connectivity index (χ3v) is 6.55. The van der Waals surface area contributed by atoms with Gasteiger partial charge in [-0.1, -0.05) is 42.6 Å². The second-order valence-electron chi connectivity index (χ2n) is 9.68. The Kier molecular flexibility index (Phi) is 9.48. The van der Waals surface area contributed by atoms with Crippen LogP contribution in [0.15, 0.2) is 42.5 Å². The van der Waals surface area contributed by atoms with Crippen LogP contribution in [-0.2, 0) is 32.2 Å². The van der Waals surface area contributed by atoms with Gasteiger partial charge in [-0.15, -0.1) is 0 Å². The van der Waals surface area contributed by atoms with E-state index in [-0.39, 0.29) is 12.2 Å². The van der Waals surface area contributed by atoms with Crippen molar-refractivity contribution in [3.8, 4) is 5.75 Å². The van der Waals surface area contributed by atoms with Crippen LogP contribution in [0, 0.1) is 0 Å². The molecular formula is C28H36ClNO6. The summed E-state index contributed by atoms with van der Waals surface area (Å²) >= 11 is 5.88. The lowest BCUT2D eigenvalue weighted by Crippen LogP contribution is -2.35. The van der Waals surface area contributed by atoms with Crippen LogP contribution in [0.3, 0.4) is 0 Å². The maximum absolute atomic E-state index is 12.3. The van der Waals surface area contributed by atoms with Gasteiger partial charge in [0.1, 0.15) is 11.9 Å². The molecule has 36 heavy (non-hydrogen) atoms.